The van der Waals surface area contributed by atoms with Crippen molar-refractivity contribution in [2.75, 3.05) is 16.8 Å². The van der Waals surface area contributed by atoms with E-state index in [0.29, 0.717) is 24.5 Å². The van der Waals surface area contributed by atoms with Gasteiger partial charge in [0.05, 0.1) is 24.5 Å². The van der Waals surface area contributed by atoms with Crippen LogP contribution in [0.5, 0.6) is 0 Å². The number of rotatable bonds is 5. The quantitative estimate of drug-likeness (QED) is 0.731. The minimum atomic E-state index is -0.771. The predicted molar refractivity (Wildman–Crippen MR) is 115 cm³/mol. The summed E-state index contributed by atoms with van der Waals surface area (Å²) in [7, 11) is 0. The molecule has 2 aromatic carbocycles. The molecule has 7 heteroatoms. The Balaban J connectivity index is 1.34. The molecule has 1 spiro atoms. The number of hydrogen-bond donors (Lipinski definition) is 2. The van der Waals surface area contributed by atoms with Crippen LogP contribution in [-0.4, -0.2) is 36.0 Å². The van der Waals surface area contributed by atoms with Gasteiger partial charge in [-0.25, -0.2) is 0 Å². The van der Waals surface area contributed by atoms with Crippen molar-refractivity contribution in [2.45, 2.75) is 25.2 Å². The van der Waals surface area contributed by atoms with Crippen LogP contribution in [0.4, 0.5) is 11.4 Å². The van der Waals surface area contributed by atoms with Crippen LogP contribution in [0.3, 0.4) is 0 Å². The Morgan fingerprint density at radius 3 is 2.58 bits per heavy atom. The van der Waals surface area contributed by atoms with Crippen molar-refractivity contribution in [3.8, 4) is 0 Å². The van der Waals surface area contributed by atoms with E-state index in [-0.39, 0.29) is 23.8 Å². The number of benzene rings is 2. The molecule has 0 aromatic heterocycles. The van der Waals surface area contributed by atoms with E-state index in [1.54, 1.807) is 29.2 Å². The summed E-state index contributed by atoms with van der Waals surface area (Å²) in [4.78, 5) is 39.3. The van der Waals surface area contributed by atoms with Gasteiger partial charge in [-0.2, -0.15) is 0 Å². The lowest BCUT2D eigenvalue weighted by Crippen LogP contribution is -2.43. The standard InChI is InChI=1S/C24H23N3O4/c1-15(28)26-17-7-9-18(10-8-17)27-14-24-12-11-19(31-24)20(21(24)23(27)30)22(29)25-13-16-5-3-2-4-6-16/h2-12,19-21H,13-14H2,1H3,(H,25,29)(H,26,28)/t19-,20+,21-,24+/m0/s1. The van der Waals surface area contributed by atoms with Gasteiger partial charge in [-0.1, -0.05) is 42.5 Å². The second-order valence-electron chi connectivity index (χ2n) is 8.26. The second-order valence-corrected chi connectivity index (χ2v) is 8.26. The molecule has 5 rings (SSSR count). The van der Waals surface area contributed by atoms with Crippen LogP contribution in [-0.2, 0) is 25.7 Å². The van der Waals surface area contributed by atoms with Crippen molar-refractivity contribution in [2.24, 2.45) is 11.8 Å². The summed E-state index contributed by atoms with van der Waals surface area (Å²) >= 11 is 0. The van der Waals surface area contributed by atoms with Crippen LogP contribution in [0.1, 0.15) is 12.5 Å². The number of ether oxygens (including phenoxy) is 1. The molecular weight excluding hydrogens is 394 g/mol. The molecule has 2 saturated heterocycles. The molecule has 3 aliphatic rings. The van der Waals surface area contributed by atoms with Crippen LogP contribution in [0, 0.1) is 11.8 Å². The Kier molecular flexibility index (Phi) is 4.63. The van der Waals surface area contributed by atoms with E-state index < -0.39 is 17.4 Å². The van der Waals surface area contributed by atoms with Crippen molar-refractivity contribution in [3.63, 3.8) is 0 Å². The van der Waals surface area contributed by atoms with E-state index in [4.69, 9.17) is 4.74 Å². The van der Waals surface area contributed by atoms with Crippen LogP contribution in [0.25, 0.3) is 0 Å². The third-order valence-electron chi connectivity index (χ3n) is 6.21. The molecule has 3 aliphatic heterocycles. The number of carbonyl (C=O) groups is 3. The minimum absolute atomic E-state index is 0.112. The molecule has 2 aromatic rings. The van der Waals surface area contributed by atoms with E-state index in [9.17, 15) is 14.4 Å². The maximum Gasteiger partial charge on any atom is 0.234 e. The first kappa shape index (κ1) is 19.5. The molecule has 2 N–H and O–H groups in total. The number of nitrogens with zero attached hydrogens (tertiary/aromatic N) is 1. The lowest BCUT2D eigenvalue weighted by molar-refractivity contribution is -0.132. The molecule has 0 aliphatic carbocycles. The smallest absolute Gasteiger partial charge is 0.234 e. The molecule has 4 atom stereocenters. The average molecular weight is 417 g/mol. The molecule has 31 heavy (non-hydrogen) atoms. The van der Waals surface area contributed by atoms with E-state index in [1.165, 1.54) is 6.92 Å². The number of nitrogens with one attached hydrogen (secondary N) is 2. The average Bonchev–Trinajstić information content (AvgIpc) is 3.41. The topological polar surface area (TPSA) is 87.7 Å². The third kappa shape index (κ3) is 3.31. The Hall–Kier alpha value is -3.45. The predicted octanol–water partition coefficient (Wildman–Crippen LogP) is 2.25. The Bertz CT molecular complexity index is 1070. The van der Waals surface area contributed by atoms with Crippen molar-refractivity contribution < 1.29 is 19.1 Å². The summed E-state index contributed by atoms with van der Waals surface area (Å²) in [5, 5.41) is 5.69. The highest BCUT2D eigenvalue weighted by Gasteiger charge is 2.67. The number of anilines is 2. The molecule has 3 heterocycles. The first-order valence-corrected chi connectivity index (χ1v) is 10.3. The van der Waals surface area contributed by atoms with Gasteiger partial charge in [0.1, 0.15) is 5.60 Å². The summed E-state index contributed by atoms with van der Waals surface area (Å²) in [6.45, 7) is 2.22. The van der Waals surface area contributed by atoms with Crippen molar-refractivity contribution in [3.05, 3.63) is 72.3 Å². The van der Waals surface area contributed by atoms with Gasteiger partial charge in [0.25, 0.3) is 0 Å². The van der Waals surface area contributed by atoms with Crippen molar-refractivity contribution >= 4 is 29.1 Å². The maximum absolute atomic E-state index is 13.4. The number of amides is 3. The van der Waals surface area contributed by atoms with Gasteiger partial charge in [0.15, 0.2) is 0 Å². The molecule has 0 radical (unpaired) electrons. The number of carbonyl (C=O) groups excluding carboxylic acids is 3. The highest BCUT2D eigenvalue weighted by Crippen LogP contribution is 2.52. The maximum atomic E-state index is 13.4. The summed E-state index contributed by atoms with van der Waals surface area (Å²) in [5.74, 6) is -1.53. The normalized spacial score (nSPS) is 28.0. The first-order chi connectivity index (χ1) is 15.0. The van der Waals surface area contributed by atoms with Crippen molar-refractivity contribution in [1.29, 1.82) is 0 Å². The first-order valence-electron chi connectivity index (χ1n) is 10.3. The monoisotopic (exact) mass is 417 g/mol. The Labute approximate surface area is 180 Å². The Morgan fingerprint density at radius 1 is 1.13 bits per heavy atom. The molecule has 158 valence electrons. The van der Waals surface area contributed by atoms with E-state index in [2.05, 4.69) is 10.6 Å². The Morgan fingerprint density at radius 2 is 1.87 bits per heavy atom. The minimum Gasteiger partial charge on any atom is -0.360 e. The van der Waals surface area contributed by atoms with Gasteiger partial charge in [0, 0.05) is 24.8 Å². The zero-order chi connectivity index (χ0) is 21.6. The van der Waals surface area contributed by atoms with Gasteiger partial charge in [-0.3, -0.25) is 14.4 Å². The highest BCUT2D eigenvalue weighted by molar-refractivity contribution is 6.03. The summed E-state index contributed by atoms with van der Waals surface area (Å²) < 4.78 is 6.18. The van der Waals surface area contributed by atoms with Crippen LogP contribution >= 0.6 is 0 Å². The summed E-state index contributed by atoms with van der Waals surface area (Å²) in [5.41, 5.74) is 1.61. The van der Waals surface area contributed by atoms with Crippen LogP contribution in [0.15, 0.2) is 66.7 Å². The fraction of sp³-hybridized carbons (Fsp3) is 0.292. The van der Waals surface area contributed by atoms with Gasteiger partial charge in [-0.15, -0.1) is 0 Å². The zero-order valence-electron chi connectivity index (χ0n) is 17.1. The summed E-state index contributed by atoms with van der Waals surface area (Å²) in [6, 6.07) is 16.8. The molecule has 0 unspecified atom stereocenters. The van der Waals surface area contributed by atoms with E-state index in [1.807, 2.05) is 42.5 Å². The highest BCUT2D eigenvalue weighted by atomic mass is 16.5. The number of fused-ring (bicyclic) bond motifs is 1. The SMILES string of the molecule is CC(=O)Nc1ccc(N2C[C@@]34C=C[C@H](O3)[C@@H](C(=O)NCc3ccccc3)[C@H]4C2=O)cc1. The van der Waals surface area contributed by atoms with Crippen molar-refractivity contribution in [1.82, 2.24) is 5.32 Å². The number of hydrogen-bond acceptors (Lipinski definition) is 4. The molecule has 2 fully saturated rings. The molecule has 7 nitrogen and oxygen atoms in total. The van der Waals surface area contributed by atoms with Gasteiger partial charge in [-0.05, 0) is 29.8 Å². The zero-order valence-corrected chi connectivity index (χ0v) is 17.1. The molecule has 0 saturated carbocycles. The van der Waals surface area contributed by atoms with Crippen LogP contribution < -0.4 is 15.5 Å². The fourth-order valence-corrected chi connectivity index (χ4v) is 4.85. The molecular formula is C24H23N3O4. The summed E-state index contributed by atoms with van der Waals surface area (Å²) in [6.07, 6.45) is 3.46. The molecule has 3 amide bonds. The molecule has 2 bridgehead atoms. The van der Waals surface area contributed by atoms with Gasteiger partial charge >= 0.3 is 0 Å². The van der Waals surface area contributed by atoms with E-state index in [0.717, 1.165) is 5.56 Å². The largest absolute Gasteiger partial charge is 0.360 e. The lowest BCUT2D eigenvalue weighted by Gasteiger charge is -2.23. The van der Waals surface area contributed by atoms with Gasteiger partial charge in [0.2, 0.25) is 17.7 Å². The van der Waals surface area contributed by atoms with Gasteiger partial charge < -0.3 is 20.3 Å². The van der Waals surface area contributed by atoms with Crippen LogP contribution in [0.2, 0.25) is 0 Å². The lowest BCUT2D eigenvalue weighted by atomic mass is 9.77. The second kappa shape index (κ2) is 7.35. The third-order valence-corrected chi connectivity index (χ3v) is 6.21. The van der Waals surface area contributed by atoms with E-state index >= 15 is 0 Å². The fourth-order valence-electron chi connectivity index (χ4n) is 4.85.